The number of aromatic nitrogens is 6. The van der Waals surface area contributed by atoms with Crippen LogP contribution in [0.1, 0.15) is 0 Å². The molecule has 0 radical (unpaired) electrons. The van der Waals surface area contributed by atoms with Gasteiger partial charge in [-0.2, -0.15) is 0 Å². The molecule has 0 N–H and O–H groups in total. The van der Waals surface area contributed by atoms with Crippen molar-refractivity contribution in [3.8, 4) is 112 Å². The van der Waals surface area contributed by atoms with Gasteiger partial charge in [0.05, 0.1) is 66.2 Å². The van der Waals surface area contributed by atoms with Gasteiger partial charge < -0.3 is 27.4 Å². The molecule has 0 fully saturated rings. The summed E-state index contributed by atoms with van der Waals surface area (Å²) in [4.78, 5) is 0. The van der Waals surface area contributed by atoms with Crippen LogP contribution < -0.4 is 0 Å². The quantitative estimate of drug-likeness (QED) is 0.110. The first kappa shape index (κ1) is 80.5. The van der Waals surface area contributed by atoms with E-state index in [2.05, 4.69) is 561 Å². The second-order valence-corrected chi connectivity index (χ2v) is 35.8. The fourth-order valence-electron chi connectivity index (χ4n) is 21.5. The lowest BCUT2D eigenvalue weighted by atomic mass is 9.99. The Hall–Kier alpha value is -18.4. The summed E-state index contributed by atoms with van der Waals surface area (Å²) >= 11 is 0. The normalized spacial score (nSPS) is 11.6. The lowest BCUT2D eigenvalue weighted by molar-refractivity contribution is 1.18. The molecule has 0 aliphatic heterocycles. The van der Waals surface area contributed by atoms with E-state index in [0.29, 0.717) is 0 Å². The molecular weight excluding hydrogens is 1670 g/mol. The molecule has 0 spiro atoms. The fraction of sp³-hybridized carbons (Fsp3) is 0. The number of benzene rings is 22. The number of fused-ring (bicyclic) bond motifs is 18. The fourth-order valence-corrected chi connectivity index (χ4v) is 21.5. The molecule has 6 nitrogen and oxygen atoms in total. The van der Waals surface area contributed by atoms with E-state index in [1.807, 2.05) is 0 Å². The maximum atomic E-state index is 2.40. The van der Waals surface area contributed by atoms with Crippen LogP contribution in [0.25, 0.3) is 243 Å². The lowest BCUT2D eigenvalue weighted by Crippen LogP contribution is -1.94. The van der Waals surface area contributed by atoms with Gasteiger partial charge in [0.1, 0.15) is 0 Å². The van der Waals surface area contributed by atoms with Crippen molar-refractivity contribution in [1.82, 2.24) is 27.4 Å². The minimum absolute atomic E-state index is 1.16. The Morgan fingerprint density at radius 2 is 0.246 bits per heavy atom. The van der Waals surface area contributed by atoms with Crippen molar-refractivity contribution in [2.45, 2.75) is 0 Å². The standard InChI is InChI=1S/C48H32N2.2C42H28N2/c1-5-13-33(14-6-1)37-21-25-41-43-29-35(23-27-45(43)49(47(41)31-37)39-17-9-3-10-18-39)36-24-28-46-44(30-36)42-26-22-38(34-15-7-2-8-16-34)32-48(42)50(46)40-19-11-4-12-20-40;1-3-12-29(13-4-1)30-14-11-17-34(26-30)44-40-21-10-8-19-36(40)38-28-32(23-25-42(38)44)31-22-24-41-37(27-31)35-18-7-9-20-39(35)43(41)33-15-5-2-6-16-33;1-3-11-29(12-4-1)30-19-23-34(24-20-30)44-40-18-10-8-16-36(40)38-28-32(22-26-42(38)44)31-21-25-41-37(27-31)35-15-7-9-17-39(35)43(41)33-13-5-2-6-14-33/h1-32H;2*1-28H. The molecule has 646 valence electrons. The highest BCUT2D eigenvalue weighted by Crippen LogP contribution is 2.46. The summed E-state index contributed by atoms with van der Waals surface area (Å²) in [6.45, 7) is 0. The minimum Gasteiger partial charge on any atom is -0.309 e. The molecule has 0 atom stereocenters. The minimum atomic E-state index is 1.16. The van der Waals surface area contributed by atoms with E-state index in [1.54, 1.807) is 0 Å². The zero-order valence-electron chi connectivity index (χ0n) is 75.5. The van der Waals surface area contributed by atoms with Gasteiger partial charge in [-0.05, 0) is 260 Å². The first-order valence-electron chi connectivity index (χ1n) is 47.4. The molecule has 6 heteroatoms. The van der Waals surface area contributed by atoms with Crippen molar-refractivity contribution in [3.63, 3.8) is 0 Å². The van der Waals surface area contributed by atoms with E-state index in [0.717, 1.165) is 11.4 Å². The van der Waals surface area contributed by atoms with Gasteiger partial charge in [0, 0.05) is 98.8 Å². The maximum absolute atomic E-state index is 2.40. The van der Waals surface area contributed by atoms with E-state index >= 15 is 0 Å². The third-order valence-electron chi connectivity index (χ3n) is 27.9. The molecule has 28 aromatic rings. The molecule has 0 aliphatic carbocycles. The molecule has 22 aromatic carbocycles. The summed E-state index contributed by atoms with van der Waals surface area (Å²) in [5.74, 6) is 0. The lowest BCUT2D eigenvalue weighted by Gasteiger charge is -2.11. The zero-order chi connectivity index (χ0) is 91.1. The Bertz CT molecular complexity index is 9320. The molecular formula is C132H88N6. The highest BCUT2D eigenvalue weighted by molar-refractivity contribution is 6.18. The molecule has 138 heavy (non-hydrogen) atoms. The average molecular weight is 1760 g/mol. The van der Waals surface area contributed by atoms with Crippen molar-refractivity contribution in [1.29, 1.82) is 0 Å². The molecule has 6 heterocycles. The predicted molar refractivity (Wildman–Crippen MR) is 583 cm³/mol. The van der Waals surface area contributed by atoms with Crippen molar-refractivity contribution in [2.24, 2.45) is 0 Å². The summed E-state index contributed by atoms with van der Waals surface area (Å²) in [5.41, 5.74) is 38.6. The molecule has 0 bridgehead atoms. The zero-order valence-corrected chi connectivity index (χ0v) is 75.5. The Kier molecular flexibility index (Phi) is 19.9. The van der Waals surface area contributed by atoms with E-state index in [9.17, 15) is 0 Å². The van der Waals surface area contributed by atoms with Gasteiger partial charge in [0.15, 0.2) is 0 Å². The summed E-state index contributed by atoms with van der Waals surface area (Å²) in [5, 5.41) is 15.1. The van der Waals surface area contributed by atoms with Crippen LogP contribution in [0.3, 0.4) is 0 Å². The van der Waals surface area contributed by atoms with Crippen molar-refractivity contribution in [3.05, 3.63) is 534 Å². The van der Waals surface area contributed by atoms with Crippen LogP contribution in [0, 0.1) is 0 Å². The Morgan fingerprint density at radius 3 is 0.529 bits per heavy atom. The van der Waals surface area contributed by atoms with E-state index in [-0.39, 0.29) is 0 Å². The molecule has 6 aromatic heterocycles. The van der Waals surface area contributed by atoms with Crippen LogP contribution in [0.4, 0.5) is 0 Å². The second-order valence-electron chi connectivity index (χ2n) is 35.8. The van der Waals surface area contributed by atoms with Crippen molar-refractivity contribution < 1.29 is 0 Å². The van der Waals surface area contributed by atoms with Crippen LogP contribution in [0.5, 0.6) is 0 Å². The Labute approximate surface area is 798 Å². The van der Waals surface area contributed by atoms with Crippen LogP contribution >= 0.6 is 0 Å². The number of para-hydroxylation sites is 8. The van der Waals surface area contributed by atoms with Crippen LogP contribution in [0.15, 0.2) is 534 Å². The van der Waals surface area contributed by atoms with Gasteiger partial charge in [0.25, 0.3) is 0 Å². The summed E-state index contributed by atoms with van der Waals surface area (Å²) in [6.07, 6.45) is 0. The maximum Gasteiger partial charge on any atom is 0.0547 e. The second kappa shape index (κ2) is 34.0. The monoisotopic (exact) mass is 1760 g/mol. The average Bonchev–Trinajstić information content (AvgIpc) is 1.54. The molecule has 0 unspecified atom stereocenters. The van der Waals surface area contributed by atoms with E-state index < -0.39 is 0 Å². The predicted octanol–water partition coefficient (Wildman–Crippen LogP) is 35.3. The van der Waals surface area contributed by atoms with Crippen LogP contribution in [0.2, 0.25) is 0 Å². The number of hydrogen-bond acceptors (Lipinski definition) is 0. The van der Waals surface area contributed by atoms with Crippen LogP contribution in [-0.4, -0.2) is 27.4 Å². The van der Waals surface area contributed by atoms with Crippen LogP contribution in [-0.2, 0) is 0 Å². The van der Waals surface area contributed by atoms with Gasteiger partial charge in [-0.1, -0.05) is 352 Å². The van der Waals surface area contributed by atoms with Crippen molar-refractivity contribution in [2.75, 3.05) is 0 Å². The molecule has 0 saturated heterocycles. The Morgan fingerprint density at radius 1 is 0.0797 bits per heavy atom. The summed E-state index contributed by atoms with van der Waals surface area (Å²) in [7, 11) is 0. The highest BCUT2D eigenvalue weighted by atomic mass is 15.0. The summed E-state index contributed by atoms with van der Waals surface area (Å²) < 4.78 is 14.3. The van der Waals surface area contributed by atoms with Gasteiger partial charge in [0.2, 0.25) is 0 Å². The molecule has 0 aliphatic rings. The SMILES string of the molecule is c1ccc(-c2ccc(-n3c4ccccc4c4cc(-c5ccc6c(c5)c5ccccc5n6-c5ccccc5)ccc43)cc2)cc1.c1ccc(-c2ccc3c4cc(-c5ccc6c(c5)c5ccc(-c7ccccc7)cc5n6-c5ccccc5)ccc4n(-c4ccccc4)c3c2)cc1.c1ccc(-c2cccc(-n3c4ccccc4c4cc(-c5ccc6c(c5)c5ccccc5n6-c5ccccc5)ccc43)c2)cc1. The Balaban J connectivity index is 0.000000107. The third-order valence-corrected chi connectivity index (χ3v) is 27.9. The smallest absolute Gasteiger partial charge is 0.0547 e. The van der Waals surface area contributed by atoms with Gasteiger partial charge >= 0.3 is 0 Å². The largest absolute Gasteiger partial charge is 0.309 e. The first-order chi connectivity index (χ1) is 68.5. The topological polar surface area (TPSA) is 29.6 Å². The van der Waals surface area contributed by atoms with Gasteiger partial charge in [-0.25, -0.2) is 0 Å². The number of hydrogen-bond donors (Lipinski definition) is 0. The molecule has 0 saturated carbocycles. The molecule has 28 rings (SSSR count). The van der Waals surface area contributed by atoms with Crippen molar-refractivity contribution >= 4 is 131 Å². The third kappa shape index (κ3) is 14.0. The van der Waals surface area contributed by atoms with Gasteiger partial charge in [-0.15, -0.1) is 0 Å². The van der Waals surface area contributed by atoms with Gasteiger partial charge in [-0.3, -0.25) is 0 Å². The first-order valence-corrected chi connectivity index (χ1v) is 47.4. The highest BCUT2D eigenvalue weighted by Gasteiger charge is 2.23. The number of rotatable bonds is 13. The van der Waals surface area contributed by atoms with E-state index in [4.69, 9.17) is 0 Å². The summed E-state index contributed by atoms with van der Waals surface area (Å²) in [6, 6.07) is 193. The van der Waals surface area contributed by atoms with E-state index in [1.165, 1.54) is 231 Å². The molecule has 0 amide bonds. The number of nitrogens with zero attached hydrogens (tertiary/aromatic N) is 6.